The van der Waals surface area contributed by atoms with E-state index in [0.29, 0.717) is 12.8 Å². The Bertz CT molecular complexity index is 477. The number of amides is 2. The van der Waals surface area contributed by atoms with Crippen LogP contribution in [0.15, 0.2) is 24.3 Å². The smallest absolute Gasteiger partial charge is 0.396 e. The maximum absolute atomic E-state index is 13.0. The molecule has 124 valence electrons. The van der Waals surface area contributed by atoms with Gasteiger partial charge in [-0.1, -0.05) is 12.1 Å². The summed E-state index contributed by atoms with van der Waals surface area (Å²) in [5.74, 6) is -0.660. The first-order valence-corrected chi connectivity index (χ1v) is 6.74. The highest BCUT2D eigenvalue weighted by Gasteiger charge is 2.42. The Hall–Kier alpha value is -1.83. The number of carbonyl (C=O) groups excluding carboxylic acids is 1. The van der Waals surface area contributed by atoms with Crippen molar-refractivity contribution in [2.45, 2.75) is 38.0 Å². The first-order valence-electron chi connectivity index (χ1n) is 6.74. The van der Waals surface area contributed by atoms with Gasteiger partial charge in [-0.2, -0.15) is 13.2 Å². The first kappa shape index (κ1) is 18.2. The molecule has 0 aliphatic carbocycles. The van der Waals surface area contributed by atoms with Gasteiger partial charge in [-0.05, 0) is 37.5 Å². The molecule has 0 saturated carbocycles. The summed E-state index contributed by atoms with van der Waals surface area (Å²) in [6, 6.07) is 0.172. The van der Waals surface area contributed by atoms with Crippen molar-refractivity contribution in [3.8, 4) is 0 Å². The van der Waals surface area contributed by atoms with E-state index < -0.39 is 24.1 Å². The van der Waals surface area contributed by atoms with Crippen molar-refractivity contribution in [1.29, 1.82) is 0 Å². The summed E-state index contributed by atoms with van der Waals surface area (Å²) in [6.45, 7) is 1.56. The number of halogens is 4. The fourth-order valence-corrected chi connectivity index (χ4v) is 1.88. The minimum Gasteiger partial charge on any atom is -0.396 e. The van der Waals surface area contributed by atoms with E-state index in [1.54, 1.807) is 6.92 Å². The lowest BCUT2D eigenvalue weighted by Crippen LogP contribution is -2.46. The molecule has 0 fully saturated rings. The third-order valence-electron chi connectivity index (χ3n) is 2.98. The summed E-state index contributed by atoms with van der Waals surface area (Å²) in [7, 11) is 0. The van der Waals surface area contributed by atoms with Crippen LogP contribution in [0.5, 0.6) is 0 Å². The molecule has 0 aliphatic rings. The normalized spacial score (nSPS) is 14.3. The Morgan fingerprint density at radius 2 is 1.82 bits per heavy atom. The number of hydrogen-bond acceptors (Lipinski definition) is 2. The van der Waals surface area contributed by atoms with Gasteiger partial charge in [0, 0.05) is 12.6 Å². The van der Waals surface area contributed by atoms with Crippen molar-refractivity contribution in [3.05, 3.63) is 35.6 Å². The topological polar surface area (TPSA) is 61.4 Å². The molecule has 2 unspecified atom stereocenters. The lowest BCUT2D eigenvalue weighted by molar-refractivity contribution is -0.155. The SMILES string of the molecule is CC(CCCO)NC(=O)NC(c1ccc(F)cc1)C(F)(F)F. The largest absolute Gasteiger partial charge is 0.412 e. The van der Waals surface area contributed by atoms with Crippen LogP contribution in [0.2, 0.25) is 0 Å². The number of alkyl halides is 3. The molecule has 0 aromatic heterocycles. The molecule has 0 radical (unpaired) electrons. The zero-order valence-corrected chi connectivity index (χ0v) is 12.0. The second-order valence-electron chi connectivity index (χ2n) is 4.91. The zero-order valence-electron chi connectivity index (χ0n) is 12.0. The third-order valence-corrected chi connectivity index (χ3v) is 2.98. The quantitative estimate of drug-likeness (QED) is 0.705. The zero-order chi connectivity index (χ0) is 16.8. The molecule has 0 bridgehead atoms. The number of benzene rings is 1. The lowest BCUT2D eigenvalue weighted by Gasteiger charge is -2.23. The predicted molar refractivity (Wildman–Crippen MR) is 72.6 cm³/mol. The van der Waals surface area contributed by atoms with Crippen molar-refractivity contribution in [1.82, 2.24) is 10.6 Å². The number of rotatable bonds is 6. The van der Waals surface area contributed by atoms with Gasteiger partial charge < -0.3 is 15.7 Å². The van der Waals surface area contributed by atoms with Crippen LogP contribution < -0.4 is 10.6 Å². The van der Waals surface area contributed by atoms with E-state index in [9.17, 15) is 22.4 Å². The minimum absolute atomic E-state index is 0.0611. The van der Waals surface area contributed by atoms with Gasteiger partial charge in [-0.25, -0.2) is 9.18 Å². The number of carbonyl (C=O) groups is 1. The summed E-state index contributed by atoms with van der Waals surface area (Å²) in [5, 5.41) is 12.9. The van der Waals surface area contributed by atoms with E-state index in [-0.39, 0.29) is 18.2 Å². The highest BCUT2D eigenvalue weighted by Crippen LogP contribution is 2.32. The molecule has 4 nitrogen and oxygen atoms in total. The Balaban J connectivity index is 2.74. The lowest BCUT2D eigenvalue weighted by atomic mass is 10.1. The number of nitrogens with one attached hydrogen (secondary N) is 2. The molecule has 22 heavy (non-hydrogen) atoms. The molecular weight excluding hydrogens is 304 g/mol. The first-order chi connectivity index (χ1) is 10.2. The Kier molecular flexibility index (Phi) is 6.61. The van der Waals surface area contributed by atoms with Crippen LogP contribution >= 0.6 is 0 Å². The van der Waals surface area contributed by atoms with E-state index in [1.807, 2.05) is 5.32 Å². The minimum atomic E-state index is -4.70. The van der Waals surface area contributed by atoms with Crippen LogP contribution in [0, 0.1) is 5.82 Å². The van der Waals surface area contributed by atoms with Crippen LogP contribution in [0.1, 0.15) is 31.4 Å². The van der Waals surface area contributed by atoms with Crippen LogP contribution in [-0.4, -0.2) is 30.0 Å². The van der Waals surface area contributed by atoms with Crippen molar-refractivity contribution >= 4 is 6.03 Å². The van der Waals surface area contributed by atoms with E-state index in [4.69, 9.17) is 5.11 Å². The summed E-state index contributed by atoms with van der Waals surface area (Å²) >= 11 is 0. The average molecular weight is 322 g/mol. The molecule has 2 amide bonds. The van der Waals surface area contributed by atoms with Crippen molar-refractivity contribution in [2.75, 3.05) is 6.61 Å². The highest BCUT2D eigenvalue weighted by atomic mass is 19.4. The van der Waals surface area contributed by atoms with Gasteiger partial charge in [0.1, 0.15) is 5.82 Å². The second kappa shape index (κ2) is 7.98. The average Bonchev–Trinajstić information content (AvgIpc) is 2.42. The Morgan fingerprint density at radius 3 is 2.32 bits per heavy atom. The van der Waals surface area contributed by atoms with Crippen molar-refractivity contribution in [2.24, 2.45) is 0 Å². The maximum atomic E-state index is 13.0. The van der Waals surface area contributed by atoms with Gasteiger partial charge in [0.2, 0.25) is 0 Å². The fourth-order valence-electron chi connectivity index (χ4n) is 1.88. The van der Waals surface area contributed by atoms with E-state index >= 15 is 0 Å². The number of hydrogen-bond donors (Lipinski definition) is 3. The van der Waals surface area contributed by atoms with Gasteiger partial charge in [-0.3, -0.25) is 0 Å². The predicted octanol–water partition coefficient (Wildman–Crippen LogP) is 2.89. The summed E-state index contributed by atoms with van der Waals surface area (Å²) < 4.78 is 51.9. The standard InChI is InChI=1S/C14H18F4N2O2/c1-9(3-2-8-21)19-13(22)20-12(14(16,17)18)10-4-6-11(15)7-5-10/h4-7,9,12,21H,2-3,8H2,1H3,(H2,19,20,22). The van der Waals surface area contributed by atoms with Crippen LogP contribution in [-0.2, 0) is 0 Å². The van der Waals surface area contributed by atoms with Gasteiger partial charge in [-0.15, -0.1) is 0 Å². The van der Waals surface area contributed by atoms with E-state index in [0.717, 1.165) is 24.3 Å². The van der Waals surface area contributed by atoms with E-state index in [2.05, 4.69) is 5.32 Å². The molecular formula is C14H18F4N2O2. The molecule has 2 atom stereocenters. The van der Waals surface area contributed by atoms with Crippen LogP contribution in [0.4, 0.5) is 22.4 Å². The van der Waals surface area contributed by atoms with Gasteiger partial charge in [0.25, 0.3) is 0 Å². The molecule has 0 spiro atoms. The van der Waals surface area contributed by atoms with Gasteiger partial charge >= 0.3 is 12.2 Å². The molecule has 0 saturated heterocycles. The molecule has 3 N–H and O–H groups in total. The summed E-state index contributed by atoms with van der Waals surface area (Å²) in [5.41, 5.74) is -0.257. The number of urea groups is 1. The fraction of sp³-hybridized carbons (Fsp3) is 0.500. The van der Waals surface area contributed by atoms with Crippen molar-refractivity contribution in [3.63, 3.8) is 0 Å². The van der Waals surface area contributed by atoms with Gasteiger partial charge in [0.05, 0.1) is 0 Å². The molecule has 1 aromatic carbocycles. The molecule has 1 rings (SSSR count). The molecule has 0 heterocycles. The van der Waals surface area contributed by atoms with E-state index in [1.165, 1.54) is 0 Å². The summed E-state index contributed by atoms with van der Waals surface area (Å²) in [6.07, 6.45) is -3.83. The van der Waals surface area contributed by atoms with Crippen LogP contribution in [0.3, 0.4) is 0 Å². The Morgan fingerprint density at radius 1 is 1.23 bits per heavy atom. The summed E-state index contributed by atoms with van der Waals surface area (Å²) in [4.78, 5) is 11.7. The molecule has 8 heteroatoms. The Labute approximate surface area is 125 Å². The molecule has 0 aliphatic heterocycles. The molecule has 1 aromatic rings. The maximum Gasteiger partial charge on any atom is 0.412 e. The van der Waals surface area contributed by atoms with Crippen molar-refractivity contribution < 1.29 is 27.5 Å². The van der Waals surface area contributed by atoms with Crippen LogP contribution in [0.25, 0.3) is 0 Å². The van der Waals surface area contributed by atoms with Gasteiger partial charge in [0.15, 0.2) is 6.04 Å². The number of aliphatic hydroxyl groups excluding tert-OH is 1. The second-order valence-corrected chi connectivity index (χ2v) is 4.91. The number of aliphatic hydroxyl groups is 1. The highest BCUT2D eigenvalue weighted by molar-refractivity contribution is 5.74. The monoisotopic (exact) mass is 322 g/mol. The third kappa shape index (κ3) is 5.88.